The lowest BCUT2D eigenvalue weighted by molar-refractivity contribution is 0.668. The first-order chi connectivity index (χ1) is 40.1. The smallest absolute Gasteiger partial charge is 0.137 e. The van der Waals surface area contributed by atoms with Crippen LogP contribution < -0.4 is 9.80 Å². The highest BCUT2D eigenvalue weighted by molar-refractivity contribution is 6.20. The van der Waals surface area contributed by atoms with E-state index in [0.29, 0.717) is 0 Å². The van der Waals surface area contributed by atoms with Crippen LogP contribution in [0.5, 0.6) is 0 Å². The van der Waals surface area contributed by atoms with Crippen LogP contribution in [0.2, 0.25) is 0 Å². The van der Waals surface area contributed by atoms with Crippen molar-refractivity contribution in [1.29, 1.82) is 0 Å². The third-order valence-electron chi connectivity index (χ3n) is 16.1. The molecule has 0 unspecified atom stereocenters. The molecule has 0 N–H and O–H groups in total. The maximum absolute atomic E-state index is 6.81. The number of anilines is 6. The molecule has 0 spiro atoms. The summed E-state index contributed by atoms with van der Waals surface area (Å²) in [6.07, 6.45) is 0. The van der Waals surface area contributed by atoms with Crippen LogP contribution in [0.3, 0.4) is 0 Å². The molecule has 0 bridgehead atoms. The van der Waals surface area contributed by atoms with E-state index in [0.717, 1.165) is 150 Å². The van der Waals surface area contributed by atoms with Crippen molar-refractivity contribution in [3.8, 4) is 44.5 Å². The van der Waals surface area contributed by atoms with E-state index < -0.39 is 0 Å². The zero-order valence-electron chi connectivity index (χ0n) is 43.8. The van der Waals surface area contributed by atoms with Crippen molar-refractivity contribution >= 4 is 111 Å². The summed E-state index contributed by atoms with van der Waals surface area (Å²) in [5.41, 5.74) is 20.6. The van der Waals surface area contributed by atoms with E-state index in [1.165, 1.54) is 5.39 Å². The molecule has 3 heterocycles. The number of nitrogens with zero attached hydrogens (tertiary/aromatic N) is 2. The van der Waals surface area contributed by atoms with Gasteiger partial charge in [0.25, 0.3) is 0 Å². The van der Waals surface area contributed by atoms with Crippen LogP contribution >= 0.6 is 0 Å². The van der Waals surface area contributed by atoms with Crippen molar-refractivity contribution in [3.05, 3.63) is 291 Å². The Morgan fingerprint density at radius 2 is 0.654 bits per heavy atom. The fourth-order valence-corrected chi connectivity index (χ4v) is 12.2. The van der Waals surface area contributed by atoms with E-state index in [4.69, 9.17) is 13.3 Å². The highest BCUT2D eigenvalue weighted by Gasteiger charge is 2.24. The predicted octanol–water partition coefficient (Wildman–Crippen LogP) is 22.1. The van der Waals surface area contributed by atoms with Gasteiger partial charge in [0.15, 0.2) is 0 Å². The molecule has 3 aromatic heterocycles. The number of hydrogen-bond donors (Lipinski definition) is 0. The van der Waals surface area contributed by atoms with Gasteiger partial charge < -0.3 is 23.1 Å². The fourth-order valence-electron chi connectivity index (χ4n) is 12.2. The largest absolute Gasteiger partial charge is 0.456 e. The Kier molecular flexibility index (Phi) is 10.8. The number of fused-ring (bicyclic) bond motifs is 10. The van der Waals surface area contributed by atoms with Crippen molar-refractivity contribution in [2.45, 2.75) is 0 Å². The third-order valence-corrected chi connectivity index (χ3v) is 16.1. The second kappa shape index (κ2) is 18.9. The molecule has 0 saturated carbocycles. The Labute approximate surface area is 467 Å². The van der Waals surface area contributed by atoms with E-state index in [-0.39, 0.29) is 0 Å². The normalized spacial score (nSPS) is 11.7. The van der Waals surface area contributed by atoms with Gasteiger partial charge in [0, 0.05) is 55.4 Å². The van der Waals surface area contributed by atoms with E-state index in [9.17, 15) is 0 Å². The Balaban J connectivity index is 0.735. The minimum Gasteiger partial charge on any atom is -0.456 e. The SMILES string of the molecule is c1ccc(N(c2ccc(-c3ccc(-c4ccccc4-c4cccc5oc6cccc(N(c7ccccc7)c7ccc8oc9cc%10ccccc%10cc9c8c7)c6c45)cc3)cc2)c2ccc(-c3ccc4oc5ccccc5c4c3)cc2)cc1. The monoisotopic (exact) mass is 1040 g/mol. The van der Waals surface area contributed by atoms with Gasteiger partial charge in [-0.3, -0.25) is 0 Å². The summed E-state index contributed by atoms with van der Waals surface area (Å²) < 4.78 is 19.4. The number of rotatable bonds is 10. The van der Waals surface area contributed by atoms with Crippen molar-refractivity contribution < 1.29 is 13.3 Å². The molecule has 13 aromatic carbocycles. The minimum absolute atomic E-state index is 0.823. The molecule has 380 valence electrons. The average molecular weight is 1040 g/mol. The molecule has 0 aliphatic rings. The van der Waals surface area contributed by atoms with Gasteiger partial charge >= 0.3 is 0 Å². The molecule has 0 aliphatic carbocycles. The van der Waals surface area contributed by atoms with E-state index in [1.807, 2.05) is 12.1 Å². The lowest BCUT2D eigenvalue weighted by Gasteiger charge is -2.26. The van der Waals surface area contributed by atoms with Gasteiger partial charge in [0.1, 0.15) is 33.5 Å². The van der Waals surface area contributed by atoms with Gasteiger partial charge in [-0.15, -0.1) is 0 Å². The molecular weight excluding hydrogens is 989 g/mol. The zero-order valence-corrected chi connectivity index (χ0v) is 43.8. The average Bonchev–Trinajstić information content (AvgIpc) is 4.42. The van der Waals surface area contributed by atoms with Gasteiger partial charge in [-0.1, -0.05) is 176 Å². The van der Waals surface area contributed by atoms with E-state index in [2.05, 4.69) is 289 Å². The summed E-state index contributed by atoms with van der Waals surface area (Å²) in [6, 6.07) is 104. The number of furan rings is 3. The number of para-hydroxylation sites is 3. The molecule has 0 fully saturated rings. The molecular formula is C76H48N2O3. The summed E-state index contributed by atoms with van der Waals surface area (Å²) in [5, 5.41) is 8.87. The lowest BCUT2D eigenvalue weighted by atomic mass is 9.91. The van der Waals surface area contributed by atoms with Crippen molar-refractivity contribution in [2.24, 2.45) is 0 Å². The van der Waals surface area contributed by atoms with Crippen LogP contribution in [0.1, 0.15) is 0 Å². The molecule has 0 aliphatic heterocycles. The van der Waals surface area contributed by atoms with Crippen molar-refractivity contribution in [2.75, 3.05) is 9.80 Å². The molecule has 5 nitrogen and oxygen atoms in total. The molecule has 5 heteroatoms. The van der Waals surface area contributed by atoms with Gasteiger partial charge in [0.2, 0.25) is 0 Å². The molecule has 16 aromatic rings. The molecule has 0 radical (unpaired) electrons. The Bertz CT molecular complexity index is 5040. The minimum atomic E-state index is 0.823. The van der Waals surface area contributed by atoms with Crippen LogP contribution in [-0.2, 0) is 0 Å². The molecule has 81 heavy (non-hydrogen) atoms. The predicted molar refractivity (Wildman–Crippen MR) is 337 cm³/mol. The molecule has 0 atom stereocenters. The first-order valence-corrected chi connectivity index (χ1v) is 27.5. The fraction of sp³-hybridized carbons (Fsp3) is 0. The third kappa shape index (κ3) is 7.93. The topological polar surface area (TPSA) is 45.9 Å². The molecule has 0 saturated heterocycles. The summed E-state index contributed by atoms with van der Waals surface area (Å²) in [4.78, 5) is 4.67. The second-order valence-electron chi connectivity index (χ2n) is 20.8. The summed E-state index contributed by atoms with van der Waals surface area (Å²) in [5.74, 6) is 0. The molecule has 16 rings (SSSR count). The van der Waals surface area contributed by atoms with Crippen LogP contribution in [0.15, 0.2) is 304 Å². The van der Waals surface area contributed by atoms with Crippen molar-refractivity contribution in [3.63, 3.8) is 0 Å². The maximum atomic E-state index is 6.81. The second-order valence-corrected chi connectivity index (χ2v) is 20.8. The number of hydrogen-bond acceptors (Lipinski definition) is 5. The van der Waals surface area contributed by atoms with Gasteiger partial charge in [0.05, 0.1) is 11.1 Å². The van der Waals surface area contributed by atoms with Gasteiger partial charge in [-0.05, 0) is 171 Å². The Morgan fingerprint density at radius 3 is 1.38 bits per heavy atom. The molecule has 0 amide bonds. The van der Waals surface area contributed by atoms with E-state index >= 15 is 0 Å². The van der Waals surface area contributed by atoms with Gasteiger partial charge in [-0.25, -0.2) is 0 Å². The lowest BCUT2D eigenvalue weighted by Crippen LogP contribution is -2.10. The summed E-state index contributed by atoms with van der Waals surface area (Å²) in [6.45, 7) is 0. The quantitative estimate of drug-likeness (QED) is 0.137. The van der Waals surface area contributed by atoms with Gasteiger partial charge in [-0.2, -0.15) is 0 Å². The first kappa shape index (κ1) is 46.2. The number of benzene rings is 13. The van der Waals surface area contributed by atoms with Crippen LogP contribution in [0.25, 0.3) is 121 Å². The van der Waals surface area contributed by atoms with Crippen LogP contribution in [-0.4, -0.2) is 0 Å². The van der Waals surface area contributed by atoms with E-state index in [1.54, 1.807) is 0 Å². The standard InChI is InChI=1S/C76H48N2O3/c1-3-17-56(18-4-1)77(59-40-35-51(36-41-59)55-37-43-70-65(46-55)63-23-11-12-26-69(63)79-70)58-38-33-50(34-39-58)49-29-31-52(32-30-49)61-21-9-10-22-62(61)64-24-13-27-72-75(64)76-68(25-14-28-73(76)81-72)78(57-19-5-2-6-20-57)60-42-44-71-67(48-60)66-45-53-15-7-8-16-54(53)47-74(66)80-71/h1-48H. The van der Waals surface area contributed by atoms with Crippen LogP contribution in [0.4, 0.5) is 34.1 Å². The zero-order chi connectivity index (χ0) is 53.4. The Morgan fingerprint density at radius 1 is 0.210 bits per heavy atom. The highest BCUT2D eigenvalue weighted by atomic mass is 16.3. The maximum Gasteiger partial charge on any atom is 0.137 e. The highest BCUT2D eigenvalue weighted by Crippen LogP contribution is 2.48. The summed E-state index contributed by atoms with van der Waals surface area (Å²) >= 11 is 0. The first-order valence-electron chi connectivity index (χ1n) is 27.5. The van der Waals surface area contributed by atoms with Crippen molar-refractivity contribution in [1.82, 2.24) is 0 Å². The van der Waals surface area contributed by atoms with Crippen LogP contribution in [0, 0.1) is 0 Å². The summed E-state index contributed by atoms with van der Waals surface area (Å²) in [7, 11) is 0. The Hall–Kier alpha value is -10.9.